The van der Waals surface area contributed by atoms with E-state index >= 15 is 0 Å². The summed E-state index contributed by atoms with van der Waals surface area (Å²) in [5.74, 6) is 0.233. The van der Waals surface area contributed by atoms with Crippen molar-refractivity contribution >= 4 is 5.69 Å². The van der Waals surface area contributed by atoms with Gasteiger partial charge in [-0.25, -0.2) is 0 Å². The molecule has 0 aliphatic carbocycles. The number of hydrogen-bond donors (Lipinski definition) is 1. The van der Waals surface area contributed by atoms with E-state index in [1.807, 2.05) is 0 Å². The lowest BCUT2D eigenvalue weighted by molar-refractivity contribution is -0.384. The van der Waals surface area contributed by atoms with Crippen LogP contribution in [-0.2, 0) is 13.0 Å². The lowest BCUT2D eigenvalue weighted by Crippen LogP contribution is -2.10. The summed E-state index contributed by atoms with van der Waals surface area (Å²) in [5.41, 5.74) is 0.519. The first-order valence-corrected chi connectivity index (χ1v) is 6.19. The number of aliphatic hydroxyl groups excluding tert-OH is 1. The molecule has 1 aromatic carbocycles. The second-order valence-corrected chi connectivity index (χ2v) is 4.25. The quantitative estimate of drug-likeness (QED) is 0.641. The van der Waals surface area contributed by atoms with Crippen molar-refractivity contribution in [2.75, 3.05) is 6.61 Å². The Morgan fingerprint density at radius 1 is 1.29 bits per heavy atom. The maximum Gasteiger partial charge on any atom is 0.269 e. The second kappa shape index (κ2) is 6.67. The first-order valence-electron chi connectivity index (χ1n) is 6.19. The van der Waals surface area contributed by atoms with Crippen LogP contribution in [0.5, 0.6) is 5.75 Å². The predicted octanol–water partition coefficient (Wildman–Crippen LogP) is 1.66. The van der Waals surface area contributed by atoms with Crippen molar-refractivity contribution in [1.29, 1.82) is 0 Å². The molecule has 2 rings (SSSR count). The number of nitrogens with zero attached hydrogens (tertiary/aromatic N) is 1. The first-order chi connectivity index (χ1) is 10.1. The summed E-state index contributed by atoms with van der Waals surface area (Å²) in [6.45, 7) is -0.112. The molecule has 0 radical (unpaired) electrons. The molecule has 0 atom stereocenters. The number of non-ortho nitro benzene ring substituents is 1. The van der Waals surface area contributed by atoms with Crippen LogP contribution in [0.3, 0.4) is 0 Å². The number of ether oxygens (including phenoxy) is 1. The summed E-state index contributed by atoms with van der Waals surface area (Å²) in [4.78, 5) is 21.6. The number of nitro benzene ring substituents is 1. The minimum absolute atomic E-state index is 0.0277. The average Bonchev–Trinajstić information content (AvgIpc) is 2.49. The van der Waals surface area contributed by atoms with Crippen molar-refractivity contribution in [2.45, 2.75) is 13.0 Å². The molecule has 0 aliphatic rings. The highest BCUT2D eigenvalue weighted by Crippen LogP contribution is 2.13. The third-order valence-electron chi connectivity index (χ3n) is 2.80. The lowest BCUT2D eigenvalue weighted by Gasteiger charge is -2.05. The first kappa shape index (κ1) is 14.7. The fourth-order valence-corrected chi connectivity index (χ4v) is 1.69. The van der Waals surface area contributed by atoms with Crippen LogP contribution in [0, 0.1) is 10.1 Å². The molecule has 0 bridgehead atoms. The molecule has 0 amide bonds. The second-order valence-electron chi connectivity index (χ2n) is 4.25. The fourth-order valence-electron chi connectivity index (χ4n) is 1.69. The van der Waals surface area contributed by atoms with Gasteiger partial charge in [0.1, 0.15) is 18.6 Å². The lowest BCUT2D eigenvalue weighted by atomic mass is 10.1. The van der Waals surface area contributed by atoms with E-state index in [9.17, 15) is 14.9 Å². The highest BCUT2D eigenvalue weighted by Gasteiger charge is 2.06. The molecule has 0 unspecified atom stereocenters. The summed E-state index contributed by atoms with van der Waals surface area (Å²) in [6.07, 6.45) is 1.66. The number of benzene rings is 1. The minimum Gasteiger partial charge on any atom is -0.486 e. The molecule has 0 fully saturated rings. The summed E-state index contributed by atoms with van der Waals surface area (Å²) >= 11 is 0. The van der Waals surface area contributed by atoms with Gasteiger partial charge >= 0.3 is 0 Å². The van der Waals surface area contributed by atoms with Crippen LogP contribution >= 0.6 is 0 Å². The van der Waals surface area contributed by atoms with Crippen molar-refractivity contribution in [2.24, 2.45) is 0 Å². The highest BCUT2D eigenvalue weighted by molar-refractivity contribution is 5.33. The Kier molecular flexibility index (Phi) is 4.68. The van der Waals surface area contributed by atoms with Gasteiger partial charge in [-0.3, -0.25) is 14.9 Å². The molecule has 0 aliphatic heterocycles. The zero-order chi connectivity index (χ0) is 15.2. The topological polar surface area (TPSA) is 103 Å². The third kappa shape index (κ3) is 3.90. The van der Waals surface area contributed by atoms with Crippen LogP contribution in [0.4, 0.5) is 5.69 Å². The summed E-state index contributed by atoms with van der Waals surface area (Å²) < 4.78 is 10.3. The van der Waals surface area contributed by atoms with E-state index in [1.165, 1.54) is 18.2 Å². The average molecular weight is 291 g/mol. The maximum absolute atomic E-state index is 11.6. The van der Waals surface area contributed by atoms with Crippen LogP contribution in [0.15, 0.2) is 45.8 Å². The molecule has 7 heteroatoms. The van der Waals surface area contributed by atoms with Gasteiger partial charge in [0.05, 0.1) is 11.5 Å². The number of aliphatic hydroxyl groups is 1. The van der Waals surface area contributed by atoms with Crippen molar-refractivity contribution in [3.63, 3.8) is 0 Å². The molecule has 21 heavy (non-hydrogen) atoms. The number of nitro groups is 1. The summed E-state index contributed by atoms with van der Waals surface area (Å²) in [5, 5.41) is 19.3. The molecule has 110 valence electrons. The normalized spacial score (nSPS) is 10.3. The highest BCUT2D eigenvalue weighted by atomic mass is 16.6. The van der Waals surface area contributed by atoms with E-state index in [0.717, 1.165) is 11.8 Å². The van der Waals surface area contributed by atoms with Gasteiger partial charge in [0.15, 0.2) is 0 Å². The maximum atomic E-state index is 11.6. The van der Waals surface area contributed by atoms with Crippen LogP contribution in [0.1, 0.15) is 11.3 Å². The Bertz CT molecular complexity index is 677. The van der Waals surface area contributed by atoms with E-state index in [2.05, 4.69) is 0 Å². The Morgan fingerprint density at radius 3 is 2.57 bits per heavy atom. The van der Waals surface area contributed by atoms with Crippen molar-refractivity contribution in [3.8, 4) is 5.75 Å². The van der Waals surface area contributed by atoms with Crippen LogP contribution in [-0.4, -0.2) is 16.6 Å². The van der Waals surface area contributed by atoms with Crippen LogP contribution in [0.2, 0.25) is 0 Å². The van der Waals surface area contributed by atoms with Crippen LogP contribution < -0.4 is 10.2 Å². The van der Waals surface area contributed by atoms with Gasteiger partial charge in [-0.1, -0.05) is 12.1 Å². The number of hydrogen-bond acceptors (Lipinski definition) is 6. The standard InChI is InChI=1S/C14H13NO6/c16-8-12-7-13(17)14(9-21-12)20-6-5-10-1-3-11(4-2-10)15(18)19/h1-4,7,9,16H,5-6,8H2. The zero-order valence-electron chi connectivity index (χ0n) is 11.0. The Morgan fingerprint density at radius 2 is 2.00 bits per heavy atom. The smallest absolute Gasteiger partial charge is 0.269 e. The Hall–Kier alpha value is -2.67. The minimum atomic E-state index is -0.464. The molecular weight excluding hydrogens is 278 g/mol. The molecule has 7 nitrogen and oxygen atoms in total. The van der Waals surface area contributed by atoms with Gasteiger partial charge < -0.3 is 14.3 Å². The number of rotatable bonds is 6. The van der Waals surface area contributed by atoms with Gasteiger partial charge in [-0.2, -0.15) is 0 Å². The van der Waals surface area contributed by atoms with Crippen molar-refractivity contribution < 1.29 is 19.2 Å². The molecule has 2 aromatic rings. The van der Waals surface area contributed by atoms with Crippen molar-refractivity contribution in [1.82, 2.24) is 0 Å². The molecule has 0 saturated carbocycles. The molecule has 0 spiro atoms. The summed E-state index contributed by atoms with van der Waals surface area (Å²) in [6, 6.07) is 7.28. The van der Waals surface area contributed by atoms with Gasteiger partial charge in [0.25, 0.3) is 5.69 Å². The van der Waals surface area contributed by atoms with E-state index in [1.54, 1.807) is 12.1 Å². The largest absolute Gasteiger partial charge is 0.486 e. The van der Waals surface area contributed by atoms with E-state index in [4.69, 9.17) is 14.3 Å². The van der Waals surface area contributed by atoms with E-state index in [-0.39, 0.29) is 35.8 Å². The fraction of sp³-hybridized carbons (Fsp3) is 0.214. The van der Waals surface area contributed by atoms with Gasteiger partial charge in [-0.05, 0) is 5.56 Å². The van der Waals surface area contributed by atoms with Gasteiger partial charge in [0, 0.05) is 24.6 Å². The zero-order valence-corrected chi connectivity index (χ0v) is 11.0. The molecule has 1 N–H and O–H groups in total. The third-order valence-corrected chi connectivity index (χ3v) is 2.80. The van der Waals surface area contributed by atoms with E-state index < -0.39 is 4.92 Å². The molecular formula is C14H13NO6. The molecule has 0 saturated heterocycles. The SMILES string of the molecule is O=c1cc(CO)occ1OCCc1ccc([N+](=O)[O-])cc1. The monoisotopic (exact) mass is 291 g/mol. The van der Waals surface area contributed by atoms with Crippen molar-refractivity contribution in [3.05, 3.63) is 68.3 Å². The molecule has 1 aromatic heterocycles. The Labute approximate surface area is 119 Å². The van der Waals surface area contributed by atoms with Crippen LogP contribution in [0.25, 0.3) is 0 Å². The predicted molar refractivity (Wildman–Crippen MR) is 73.2 cm³/mol. The Balaban J connectivity index is 1.92. The van der Waals surface area contributed by atoms with E-state index in [0.29, 0.717) is 6.42 Å². The van der Waals surface area contributed by atoms with Gasteiger partial charge in [-0.15, -0.1) is 0 Å². The van der Waals surface area contributed by atoms with Gasteiger partial charge in [0.2, 0.25) is 11.2 Å². The molecule has 1 heterocycles. The summed E-state index contributed by atoms with van der Waals surface area (Å²) in [7, 11) is 0.